The van der Waals surface area contributed by atoms with E-state index >= 15 is 0 Å². The van der Waals surface area contributed by atoms with Crippen molar-refractivity contribution in [2.24, 2.45) is 5.92 Å². The van der Waals surface area contributed by atoms with E-state index in [-0.39, 0.29) is 29.7 Å². The molecule has 27 heavy (non-hydrogen) atoms. The zero-order chi connectivity index (χ0) is 19.8. The molecule has 3 rings (SSSR count). The van der Waals surface area contributed by atoms with Gasteiger partial charge in [0.25, 0.3) is 5.91 Å². The fourth-order valence-electron chi connectivity index (χ4n) is 4.22. The van der Waals surface area contributed by atoms with Gasteiger partial charge in [0, 0.05) is 5.69 Å². The number of amides is 4. The first-order valence-corrected chi connectivity index (χ1v) is 9.68. The standard InChI is InChI=1S/C21H29N3O3/c1-14-9-7-8-12-21(14)18(26)24(19(27)23-21)13-17(25)22-16-11-6-5-10-15(16)20(2,3)4/h5-6,10-11,14H,7-9,12-13H2,1-4H3,(H,22,25)(H,23,27)/t14-,21+/m0/s1. The van der Waals surface area contributed by atoms with E-state index < -0.39 is 11.6 Å². The number of hydrogen-bond acceptors (Lipinski definition) is 3. The van der Waals surface area contributed by atoms with Gasteiger partial charge in [0.15, 0.2) is 0 Å². The third kappa shape index (κ3) is 3.57. The van der Waals surface area contributed by atoms with Gasteiger partial charge in [-0.05, 0) is 35.8 Å². The van der Waals surface area contributed by atoms with Gasteiger partial charge in [-0.25, -0.2) is 4.79 Å². The van der Waals surface area contributed by atoms with Gasteiger partial charge >= 0.3 is 6.03 Å². The highest BCUT2D eigenvalue weighted by atomic mass is 16.2. The largest absolute Gasteiger partial charge is 0.325 e. The van der Waals surface area contributed by atoms with Crippen LogP contribution in [0.3, 0.4) is 0 Å². The van der Waals surface area contributed by atoms with Gasteiger partial charge in [-0.3, -0.25) is 14.5 Å². The van der Waals surface area contributed by atoms with Gasteiger partial charge in [0.2, 0.25) is 5.91 Å². The molecule has 146 valence electrons. The Bertz CT molecular complexity index is 768. The normalized spacial score (nSPS) is 25.6. The van der Waals surface area contributed by atoms with Crippen molar-refractivity contribution in [2.45, 2.75) is 64.3 Å². The number of nitrogens with zero attached hydrogens (tertiary/aromatic N) is 1. The molecule has 1 saturated carbocycles. The fraction of sp³-hybridized carbons (Fsp3) is 0.571. The summed E-state index contributed by atoms with van der Waals surface area (Å²) >= 11 is 0. The van der Waals surface area contributed by atoms with Crippen molar-refractivity contribution >= 4 is 23.5 Å². The van der Waals surface area contributed by atoms with Gasteiger partial charge in [0.1, 0.15) is 12.1 Å². The minimum absolute atomic E-state index is 0.0809. The van der Waals surface area contributed by atoms with Crippen LogP contribution in [0.1, 0.15) is 58.9 Å². The molecule has 0 radical (unpaired) electrons. The van der Waals surface area contributed by atoms with Crippen LogP contribution in [0, 0.1) is 5.92 Å². The summed E-state index contributed by atoms with van der Waals surface area (Å²) < 4.78 is 0. The summed E-state index contributed by atoms with van der Waals surface area (Å²) in [5.74, 6) is -0.549. The predicted octanol–water partition coefficient (Wildman–Crippen LogP) is 3.42. The van der Waals surface area contributed by atoms with Crippen LogP contribution >= 0.6 is 0 Å². The van der Waals surface area contributed by atoms with Crippen molar-refractivity contribution in [1.82, 2.24) is 10.2 Å². The van der Waals surface area contributed by atoms with Crippen LogP contribution in [-0.2, 0) is 15.0 Å². The summed E-state index contributed by atoms with van der Waals surface area (Å²) in [6.07, 6.45) is 3.53. The molecule has 4 amide bonds. The van der Waals surface area contributed by atoms with Crippen molar-refractivity contribution in [1.29, 1.82) is 0 Å². The Kier molecular flexibility index (Phi) is 5.02. The van der Waals surface area contributed by atoms with E-state index in [4.69, 9.17) is 0 Å². The van der Waals surface area contributed by atoms with Crippen LogP contribution in [0.15, 0.2) is 24.3 Å². The van der Waals surface area contributed by atoms with E-state index in [1.54, 1.807) is 0 Å². The van der Waals surface area contributed by atoms with Gasteiger partial charge in [-0.15, -0.1) is 0 Å². The fourth-order valence-corrected chi connectivity index (χ4v) is 4.22. The summed E-state index contributed by atoms with van der Waals surface area (Å²) in [6, 6.07) is 7.14. The second-order valence-electron chi connectivity index (χ2n) is 8.78. The molecule has 2 atom stereocenters. The second kappa shape index (κ2) is 6.98. The highest BCUT2D eigenvalue weighted by Crippen LogP contribution is 2.38. The smallest absolute Gasteiger partial charge is 0.324 e. The molecule has 6 nitrogen and oxygen atoms in total. The lowest BCUT2D eigenvalue weighted by atomic mass is 9.73. The summed E-state index contributed by atoms with van der Waals surface area (Å²) in [5.41, 5.74) is 0.751. The van der Waals surface area contributed by atoms with Gasteiger partial charge in [0.05, 0.1) is 0 Å². The zero-order valence-electron chi connectivity index (χ0n) is 16.6. The molecule has 1 aliphatic carbocycles. The summed E-state index contributed by atoms with van der Waals surface area (Å²) in [5, 5.41) is 5.76. The summed E-state index contributed by atoms with van der Waals surface area (Å²) in [6.45, 7) is 7.95. The minimum Gasteiger partial charge on any atom is -0.324 e. The maximum Gasteiger partial charge on any atom is 0.325 e. The molecular weight excluding hydrogens is 342 g/mol. The maximum absolute atomic E-state index is 13.0. The molecular formula is C21H29N3O3. The lowest BCUT2D eigenvalue weighted by Gasteiger charge is -2.36. The molecule has 1 heterocycles. The number of para-hydroxylation sites is 1. The molecule has 0 aromatic heterocycles. The molecule has 2 aliphatic rings. The molecule has 0 bridgehead atoms. The Morgan fingerprint density at radius 3 is 2.63 bits per heavy atom. The van der Waals surface area contributed by atoms with Gasteiger partial charge < -0.3 is 10.6 Å². The topological polar surface area (TPSA) is 78.5 Å². The minimum atomic E-state index is -0.834. The summed E-state index contributed by atoms with van der Waals surface area (Å²) in [7, 11) is 0. The monoisotopic (exact) mass is 371 g/mol. The van der Waals surface area contributed by atoms with E-state index in [9.17, 15) is 14.4 Å². The third-order valence-electron chi connectivity index (χ3n) is 5.81. The number of urea groups is 1. The van der Waals surface area contributed by atoms with Crippen molar-refractivity contribution in [2.75, 3.05) is 11.9 Å². The van der Waals surface area contributed by atoms with Crippen molar-refractivity contribution in [3.05, 3.63) is 29.8 Å². The number of carbonyl (C=O) groups is 3. The molecule has 2 N–H and O–H groups in total. The number of benzene rings is 1. The maximum atomic E-state index is 13.0. The van der Waals surface area contributed by atoms with E-state index in [0.29, 0.717) is 12.1 Å². The van der Waals surface area contributed by atoms with Crippen LogP contribution in [0.2, 0.25) is 0 Å². The predicted molar refractivity (Wildman–Crippen MR) is 104 cm³/mol. The van der Waals surface area contributed by atoms with Gasteiger partial charge in [-0.2, -0.15) is 0 Å². The van der Waals surface area contributed by atoms with Crippen LogP contribution in [-0.4, -0.2) is 34.8 Å². The average molecular weight is 371 g/mol. The molecule has 6 heteroatoms. The molecule has 1 saturated heterocycles. The number of nitrogens with one attached hydrogen (secondary N) is 2. The van der Waals surface area contributed by atoms with E-state index in [0.717, 1.165) is 29.7 Å². The first-order chi connectivity index (χ1) is 12.6. The van der Waals surface area contributed by atoms with Crippen LogP contribution < -0.4 is 10.6 Å². The van der Waals surface area contributed by atoms with Gasteiger partial charge in [-0.1, -0.05) is 58.7 Å². The molecule has 2 fully saturated rings. The second-order valence-corrected chi connectivity index (χ2v) is 8.78. The number of rotatable bonds is 3. The van der Waals surface area contributed by atoms with E-state index in [2.05, 4.69) is 31.4 Å². The highest BCUT2D eigenvalue weighted by molar-refractivity contribution is 6.10. The first kappa shape index (κ1) is 19.4. The number of hydrogen-bond donors (Lipinski definition) is 2. The molecule has 1 aliphatic heterocycles. The Morgan fingerprint density at radius 2 is 1.96 bits per heavy atom. The van der Waals surface area contributed by atoms with E-state index in [1.807, 2.05) is 31.2 Å². The summed E-state index contributed by atoms with van der Waals surface area (Å²) in [4.78, 5) is 39.1. The Labute approximate surface area is 160 Å². The third-order valence-corrected chi connectivity index (χ3v) is 5.81. The lowest BCUT2D eigenvalue weighted by molar-refractivity contribution is -0.136. The number of anilines is 1. The van der Waals surface area contributed by atoms with Crippen LogP contribution in [0.25, 0.3) is 0 Å². The quantitative estimate of drug-likeness (QED) is 0.799. The lowest BCUT2D eigenvalue weighted by Crippen LogP contribution is -2.54. The first-order valence-electron chi connectivity index (χ1n) is 9.68. The highest BCUT2D eigenvalue weighted by Gasteiger charge is 2.55. The van der Waals surface area contributed by atoms with Crippen molar-refractivity contribution < 1.29 is 14.4 Å². The number of carbonyl (C=O) groups excluding carboxylic acids is 3. The Balaban J connectivity index is 1.74. The molecule has 1 aromatic carbocycles. The Morgan fingerprint density at radius 1 is 1.26 bits per heavy atom. The van der Waals surface area contributed by atoms with E-state index in [1.165, 1.54) is 0 Å². The van der Waals surface area contributed by atoms with Crippen LogP contribution in [0.4, 0.5) is 10.5 Å². The van der Waals surface area contributed by atoms with Crippen LogP contribution in [0.5, 0.6) is 0 Å². The van der Waals surface area contributed by atoms with Crippen molar-refractivity contribution in [3.63, 3.8) is 0 Å². The van der Waals surface area contributed by atoms with Crippen molar-refractivity contribution in [3.8, 4) is 0 Å². The SMILES string of the molecule is C[C@H]1CCCC[C@@]12NC(=O)N(CC(=O)Nc1ccccc1C(C)(C)C)C2=O. The molecule has 1 spiro atoms. The average Bonchev–Trinajstić information content (AvgIpc) is 2.82. The number of imide groups is 1. The zero-order valence-corrected chi connectivity index (χ0v) is 16.6. The molecule has 1 aromatic rings. The molecule has 0 unspecified atom stereocenters. The Hall–Kier alpha value is -2.37.